The van der Waals surface area contributed by atoms with Crippen LogP contribution in [0.4, 0.5) is 17.1 Å². The molecule has 0 radical (unpaired) electrons. The van der Waals surface area contributed by atoms with Crippen LogP contribution in [0.5, 0.6) is 11.5 Å². The van der Waals surface area contributed by atoms with Crippen molar-refractivity contribution in [2.45, 2.75) is 24.7 Å². The van der Waals surface area contributed by atoms with Crippen molar-refractivity contribution in [3.8, 4) is 33.8 Å². The maximum Gasteiger partial charge on any atom is 0.137 e. The molecule has 62 heavy (non-hydrogen) atoms. The van der Waals surface area contributed by atoms with Gasteiger partial charge in [0.1, 0.15) is 33.8 Å². The van der Waals surface area contributed by atoms with Crippen molar-refractivity contribution in [1.82, 2.24) is 0 Å². The standard InChI is InChI=1S/C58H37NO3/c1-57(2)41-18-6-3-15-35(41)37-30-29-34(31-45(37)57)59(47-22-13-27-52-55(47)38-17-5-10-24-49(38)60-52)48-23-14-28-53-56(48)40-32-39-36-16-4-7-19-42(36)58(46(39)33-54(40)62-53)43-20-8-11-25-50(43)61-51-26-12-9-21-44(51)58/h3-33H,1-2H3. The molecule has 1 aliphatic heterocycles. The van der Waals surface area contributed by atoms with Crippen molar-refractivity contribution in [3.63, 3.8) is 0 Å². The van der Waals surface area contributed by atoms with Crippen LogP contribution in [0, 0.1) is 0 Å². The molecule has 3 heterocycles. The van der Waals surface area contributed by atoms with Crippen LogP contribution < -0.4 is 9.64 Å². The Kier molecular flexibility index (Phi) is 6.53. The molecular formula is C58H37NO3. The number of furan rings is 2. The van der Waals surface area contributed by atoms with Crippen molar-refractivity contribution >= 4 is 60.9 Å². The van der Waals surface area contributed by atoms with E-state index >= 15 is 0 Å². The van der Waals surface area contributed by atoms with Crippen LogP contribution in [0.25, 0.3) is 66.1 Å². The lowest BCUT2D eigenvalue weighted by Gasteiger charge is -2.39. The van der Waals surface area contributed by atoms with Gasteiger partial charge in [0, 0.05) is 33.0 Å². The van der Waals surface area contributed by atoms with Crippen molar-refractivity contribution in [2.24, 2.45) is 0 Å². The quantitative estimate of drug-likeness (QED) is 0.179. The monoisotopic (exact) mass is 795 g/mol. The molecule has 0 N–H and O–H groups in total. The summed E-state index contributed by atoms with van der Waals surface area (Å²) in [5, 5.41) is 4.28. The van der Waals surface area contributed by atoms with Crippen LogP contribution in [-0.4, -0.2) is 0 Å². The SMILES string of the molecule is CC1(C)c2ccccc2-c2ccc(N(c3cccc4oc5ccccc5c34)c3cccc4oc5cc6c(cc5c34)-c3ccccc3C63c4ccccc4Oc4ccccc43)cc21. The zero-order chi connectivity index (χ0) is 40.9. The fraction of sp³-hybridized carbons (Fsp3) is 0.0690. The van der Waals surface area contributed by atoms with Gasteiger partial charge in [0.05, 0.1) is 27.6 Å². The fourth-order valence-corrected chi connectivity index (χ4v) is 11.5. The van der Waals surface area contributed by atoms with Crippen molar-refractivity contribution in [3.05, 3.63) is 221 Å². The molecule has 4 heteroatoms. The first-order valence-corrected chi connectivity index (χ1v) is 21.4. The minimum atomic E-state index is -0.591. The zero-order valence-corrected chi connectivity index (χ0v) is 34.1. The van der Waals surface area contributed by atoms with E-state index in [2.05, 4.69) is 201 Å². The highest BCUT2D eigenvalue weighted by atomic mass is 16.5. The third-order valence-electron chi connectivity index (χ3n) is 14.1. The first-order valence-electron chi connectivity index (χ1n) is 21.4. The summed E-state index contributed by atoms with van der Waals surface area (Å²) >= 11 is 0. The van der Waals surface area contributed by atoms with Crippen LogP contribution in [0.3, 0.4) is 0 Å². The largest absolute Gasteiger partial charge is 0.457 e. The van der Waals surface area contributed by atoms with Gasteiger partial charge in [0.15, 0.2) is 0 Å². The van der Waals surface area contributed by atoms with E-state index in [1.165, 1.54) is 44.5 Å². The van der Waals surface area contributed by atoms with Gasteiger partial charge in [0.25, 0.3) is 0 Å². The maximum absolute atomic E-state index is 7.06. The highest BCUT2D eigenvalue weighted by molar-refractivity contribution is 6.19. The zero-order valence-electron chi connectivity index (χ0n) is 34.1. The van der Waals surface area contributed by atoms with E-state index in [4.69, 9.17) is 13.6 Å². The molecule has 292 valence electrons. The number of fused-ring (bicyclic) bond motifs is 18. The summed E-state index contributed by atoms with van der Waals surface area (Å²) in [5.74, 6) is 1.75. The van der Waals surface area contributed by atoms with E-state index in [1.54, 1.807) is 0 Å². The Hall–Kier alpha value is -7.82. The average molecular weight is 796 g/mol. The summed E-state index contributed by atoms with van der Waals surface area (Å²) in [5.41, 5.74) is 18.2. The molecule has 0 bridgehead atoms. The third kappa shape index (κ3) is 4.21. The van der Waals surface area contributed by atoms with Gasteiger partial charge >= 0.3 is 0 Å². The van der Waals surface area contributed by atoms with E-state index in [-0.39, 0.29) is 5.41 Å². The van der Waals surface area contributed by atoms with E-state index in [9.17, 15) is 0 Å². The minimum absolute atomic E-state index is 0.179. The Labute approximate surface area is 357 Å². The third-order valence-corrected chi connectivity index (χ3v) is 14.1. The molecule has 3 aliphatic rings. The molecule has 2 aromatic heterocycles. The van der Waals surface area contributed by atoms with Gasteiger partial charge in [-0.3, -0.25) is 0 Å². The molecule has 0 saturated heterocycles. The summed E-state index contributed by atoms with van der Waals surface area (Å²) in [6.07, 6.45) is 0. The van der Waals surface area contributed by atoms with Crippen LogP contribution >= 0.6 is 0 Å². The van der Waals surface area contributed by atoms with Gasteiger partial charge in [0.2, 0.25) is 0 Å². The minimum Gasteiger partial charge on any atom is -0.457 e. The Balaban J connectivity index is 1.07. The second-order valence-electron chi connectivity index (χ2n) is 17.5. The van der Waals surface area contributed by atoms with E-state index in [0.717, 1.165) is 83.6 Å². The fourth-order valence-electron chi connectivity index (χ4n) is 11.5. The lowest BCUT2D eigenvalue weighted by atomic mass is 9.66. The molecular weight excluding hydrogens is 759 g/mol. The number of rotatable bonds is 3. The second-order valence-corrected chi connectivity index (χ2v) is 17.5. The summed E-state index contributed by atoms with van der Waals surface area (Å²) in [7, 11) is 0. The Morgan fingerprint density at radius 2 is 0.919 bits per heavy atom. The van der Waals surface area contributed by atoms with Gasteiger partial charge in [-0.1, -0.05) is 135 Å². The molecule has 0 amide bonds. The van der Waals surface area contributed by atoms with Gasteiger partial charge in [-0.15, -0.1) is 0 Å². The van der Waals surface area contributed by atoms with Crippen LogP contribution in [-0.2, 0) is 10.8 Å². The Morgan fingerprint density at radius 1 is 0.371 bits per heavy atom. The predicted molar refractivity (Wildman–Crippen MR) is 251 cm³/mol. The van der Waals surface area contributed by atoms with E-state index in [0.29, 0.717) is 0 Å². The molecule has 4 nitrogen and oxygen atoms in total. The van der Waals surface area contributed by atoms with Gasteiger partial charge in [-0.05, 0) is 111 Å². The lowest BCUT2D eigenvalue weighted by Crippen LogP contribution is -2.32. The molecule has 0 saturated carbocycles. The summed E-state index contributed by atoms with van der Waals surface area (Å²) in [6, 6.07) is 67.8. The Morgan fingerprint density at radius 3 is 1.65 bits per heavy atom. The topological polar surface area (TPSA) is 38.8 Å². The second kappa shape index (κ2) is 11.9. The first-order chi connectivity index (χ1) is 30.5. The number of ether oxygens (including phenoxy) is 1. The van der Waals surface area contributed by atoms with Crippen LogP contribution in [0.15, 0.2) is 197 Å². The molecule has 2 aliphatic carbocycles. The highest BCUT2D eigenvalue weighted by Crippen LogP contribution is 2.63. The average Bonchev–Trinajstić information content (AvgIpc) is 4.02. The number of benzene rings is 9. The van der Waals surface area contributed by atoms with Crippen LogP contribution in [0.1, 0.15) is 47.2 Å². The summed E-state index contributed by atoms with van der Waals surface area (Å²) in [4.78, 5) is 2.44. The summed E-state index contributed by atoms with van der Waals surface area (Å²) < 4.78 is 20.2. The van der Waals surface area contributed by atoms with E-state index in [1.807, 2.05) is 6.07 Å². The van der Waals surface area contributed by atoms with Gasteiger partial charge in [-0.2, -0.15) is 0 Å². The number of anilines is 3. The smallest absolute Gasteiger partial charge is 0.137 e. The predicted octanol–water partition coefficient (Wildman–Crippen LogP) is 15.7. The van der Waals surface area contributed by atoms with Crippen molar-refractivity contribution < 1.29 is 13.6 Å². The number of para-hydroxylation sites is 3. The molecule has 0 atom stereocenters. The van der Waals surface area contributed by atoms with Gasteiger partial charge < -0.3 is 18.5 Å². The number of hydrogen-bond donors (Lipinski definition) is 0. The first kappa shape index (κ1) is 34.0. The molecule has 14 rings (SSSR count). The molecule has 11 aromatic rings. The summed E-state index contributed by atoms with van der Waals surface area (Å²) in [6.45, 7) is 4.70. The van der Waals surface area contributed by atoms with Crippen molar-refractivity contribution in [2.75, 3.05) is 4.90 Å². The molecule has 9 aromatic carbocycles. The molecule has 0 fully saturated rings. The van der Waals surface area contributed by atoms with Crippen LogP contribution in [0.2, 0.25) is 0 Å². The van der Waals surface area contributed by atoms with Crippen molar-refractivity contribution in [1.29, 1.82) is 0 Å². The lowest BCUT2D eigenvalue weighted by molar-refractivity contribution is 0.436. The van der Waals surface area contributed by atoms with E-state index < -0.39 is 5.41 Å². The number of nitrogens with zero attached hydrogens (tertiary/aromatic N) is 1. The maximum atomic E-state index is 7.06. The Bertz CT molecular complexity index is 3690. The molecule has 1 spiro atoms. The molecule has 0 unspecified atom stereocenters. The normalized spacial score (nSPS) is 14.7. The highest BCUT2D eigenvalue weighted by Gasteiger charge is 2.51. The van der Waals surface area contributed by atoms with Gasteiger partial charge in [-0.25, -0.2) is 0 Å². The number of hydrogen-bond acceptors (Lipinski definition) is 4.